The van der Waals surface area contributed by atoms with Crippen molar-refractivity contribution in [3.8, 4) is 0 Å². The number of hydrogen-bond acceptors (Lipinski definition) is 3. The lowest BCUT2D eigenvalue weighted by atomic mass is 9.84. The first-order valence-corrected chi connectivity index (χ1v) is 12.4. The summed E-state index contributed by atoms with van der Waals surface area (Å²) in [5.74, 6) is 0.846. The predicted molar refractivity (Wildman–Crippen MR) is 132 cm³/mol. The Kier molecular flexibility index (Phi) is 7.34. The highest BCUT2D eigenvalue weighted by Crippen LogP contribution is 2.41. The van der Waals surface area contributed by atoms with Gasteiger partial charge in [-0.25, -0.2) is 0 Å². The summed E-state index contributed by atoms with van der Waals surface area (Å²) in [6.07, 6.45) is 5.19. The molecule has 0 aliphatic carbocycles. The SMILES string of the molecule is CN(C)CCC(=O)N1CCC(c2ccccc2C2CCCN2c2ccc(Br)cc2)CC1. The number of nitrogens with zero attached hydrogens (tertiary/aromatic N) is 3. The van der Waals surface area contributed by atoms with E-state index >= 15 is 0 Å². The van der Waals surface area contributed by atoms with Crippen LogP contribution in [0.5, 0.6) is 0 Å². The van der Waals surface area contributed by atoms with E-state index in [0.717, 1.165) is 43.5 Å². The average molecular weight is 484 g/mol. The molecular weight excluding hydrogens is 450 g/mol. The molecule has 0 N–H and O–H groups in total. The first-order chi connectivity index (χ1) is 15.0. The first kappa shape index (κ1) is 22.3. The molecule has 2 aliphatic heterocycles. The van der Waals surface area contributed by atoms with Crippen LogP contribution in [0.3, 0.4) is 0 Å². The summed E-state index contributed by atoms with van der Waals surface area (Å²) in [6, 6.07) is 18.2. The molecule has 1 atom stereocenters. The number of hydrogen-bond donors (Lipinski definition) is 0. The Hall–Kier alpha value is -1.85. The van der Waals surface area contributed by atoms with Gasteiger partial charge >= 0.3 is 0 Å². The van der Waals surface area contributed by atoms with E-state index in [-0.39, 0.29) is 0 Å². The topological polar surface area (TPSA) is 26.8 Å². The highest BCUT2D eigenvalue weighted by molar-refractivity contribution is 9.10. The van der Waals surface area contributed by atoms with Gasteiger partial charge in [0.15, 0.2) is 0 Å². The molecule has 1 unspecified atom stereocenters. The second-order valence-corrected chi connectivity index (χ2v) is 10.1. The van der Waals surface area contributed by atoms with Crippen LogP contribution in [0.15, 0.2) is 53.0 Å². The lowest BCUT2D eigenvalue weighted by Gasteiger charge is -2.35. The smallest absolute Gasteiger partial charge is 0.223 e. The minimum absolute atomic E-state index is 0.303. The Balaban J connectivity index is 1.47. The summed E-state index contributed by atoms with van der Waals surface area (Å²) in [5.41, 5.74) is 4.29. The van der Waals surface area contributed by atoms with E-state index in [2.05, 4.69) is 79.2 Å². The molecule has 31 heavy (non-hydrogen) atoms. The van der Waals surface area contributed by atoms with E-state index in [1.165, 1.54) is 29.7 Å². The van der Waals surface area contributed by atoms with E-state index < -0.39 is 0 Å². The molecule has 166 valence electrons. The van der Waals surface area contributed by atoms with Gasteiger partial charge in [0, 0.05) is 42.8 Å². The predicted octanol–water partition coefficient (Wildman–Crippen LogP) is 5.45. The number of carbonyl (C=O) groups is 1. The highest BCUT2D eigenvalue weighted by atomic mass is 79.9. The van der Waals surface area contributed by atoms with Crippen molar-refractivity contribution < 1.29 is 4.79 Å². The highest BCUT2D eigenvalue weighted by Gasteiger charge is 2.31. The van der Waals surface area contributed by atoms with Gasteiger partial charge in [-0.1, -0.05) is 40.2 Å². The minimum atomic E-state index is 0.303. The molecule has 2 aliphatic rings. The lowest BCUT2D eigenvalue weighted by Crippen LogP contribution is -2.39. The zero-order chi connectivity index (χ0) is 21.8. The van der Waals surface area contributed by atoms with Gasteiger partial charge in [-0.2, -0.15) is 0 Å². The molecule has 2 heterocycles. The maximum Gasteiger partial charge on any atom is 0.223 e. The molecule has 4 rings (SSSR count). The second kappa shape index (κ2) is 10.2. The van der Waals surface area contributed by atoms with Crippen molar-refractivity contribution in [1.29, 1.82) is 0 Å². The maximum atomic E-state index is 12.5. The second-order valence-electron chi connectivity index (χ2n) is 9.17. The van der Waals surface area contributed by atoms with Crippen LogP contribution in [0.2, 0.25) is 0 Å². The van der Waals surface area contributed by atoms with Crippen LogP contribution < -0.4 is 4.90 Å². The number of carbonyl (C=O) groups excluding carboxylic acids is 1. The number of rotatable bonds is 6. The third kappa shape index (κ3) is 5.32. The quantitative estimate of drug-likeness (QED) is 0.546. The van der Waals surface area contributed by atoms with Gasteiger partial charge in [-0.05, 0) is 81.1 Å². The first-order valence-electron chi connectivity index (χ1n) is 11.6. The number of halogens is 1. The van der Waals surface area contributed by atoms with Crippen LogP contribution >= 0.6 is 15.9 Å². The van der Waals surface area contributed by atoms with Gasteiger partial charge in [-0.3, -0.25) is 4.79 Å². The lowest BCUT2D eigenvalue weighted by molar-refractivity contribution is -0.132. The summed E-state index contributed by atoms with van der Waals surface area (Å²) in [7, 11) is 4.05. The van der Waals surface area contributed by atoms with E-state index in [1.54, 1.807) is 0 Å². The van der Waals surface area contributed by atoms with Crippen molar-refractivity contribution in [1.82, 2.24) is 9.80 Å². The molecule has 2 aromatic carbocycles. The number of benzene rings is 2. The van der Waals surface area contributed by atoms with E-state index in [0.29, 0.717) is 24.3 Å². The fraction of sp³-hybridized carbons (Fsp3) is 0.500. The van der Waals surface area contributed by atoms with Gasteiger partial charge < -0.3 is 14.7 Å². The molecule has 0 radical (unpaired) electrons. The molecule has 1 amide bonds. The molecule has 0 saturated carbocycles. The van der Waals surface area contributed by atoms with Crippen LogP contribution in [0.4, 0.5) is 5.69 Å². The number of piperidine rings is 1. The van der Waals surface area contributed by atoms with Crippen LogP contribution in [-0.2, 0) is 4.79 Å². The van der Waals surface area contributed by atoms with E-state index in [1.807, 2.05) is 14.1 Å². The van der Waals surface area contributed by atoms with Crippen LogP contribution in [-0.4, -0.2) is 56.0 Å². The standard InChI is InChI=1S/C26H34BrN3O/c1-28(2)17-15-26(31)29-18-13-20(14-19-29)23-6-3-4-7-24(23)25-8-5-16-30(25)22-11-9-21(27)10-12-22/h3-4,6-7,9-12,20,25H,5,8,13-19H2,1-2H3. The van der Waals surface area contributed by atoms with Crippen LogP contribution in [0, 0.1) is 0 Å². The van der Waals surface area contributed by atoms with E-state index in [4.69, 9.17) is 0 Å². The summed E-state index contributed by atoms with van der Waals surface area (Å²) in [5, 5.41) is 0. The van der Waals surface area contributed by atoms with Crippen molar-refractivity contribution in [2.45, 2.75) is 44.1 Å². The molecule has 0 bridgehead atoms. The Morgan fingerprint density at radius 2 is 1.65 bits per heavy atom. The Morgan fingerprint density at radius 3 is 2.32 bits per heavy atom. The zero-order valence-electron chi connectivity index (χ0n) is 18.8. The number of likely N-dealkylation sites (tertiary alicyclic amines) is 1. The maximum absolute atomic E-state index is 12.5. The van der Waals surface area contributed by atoms with E-state index in [9.17, 15) is 4.79 Å². The van der Waals surface area contributed by atoms with Gasteiger partial charge in [0.25, 0.3) is 0 Å². The molecule has 2 aromatic rings. The fourth-order valence-corrected chi connectivity index (χ4v) is 5.40. The van der Waals surface area contributed by atoms with Gasteiger partial charge in [0.1, 0.15) is 0 Å². The molecule has 2 saturated heterocycles. The van der Waals surface area contributed by atoms with Gasteiger partial charge in [-0.15, -0.1) is 0 Å². The summed E-state index contributed by atoms with van der Waals surface area (Å²) in [6.45, 7) is 3.70. The number of amides is 1. The summed E-state index contributed by atoms with van der Waals surface area (Å²) in [4.78, 5) is 19.3. The molecule has 4 nitrogen and oxygen atoms in total. The van der Waals surface area contributed by atoms with Crippen LogP contribution in [0.25, 0.3) is 0 Å². The van der Waals surface area contributed by atoms with Gasteiger partial charge in [0.2, 0.25) is 5.91 Å². The third-order valence-corrected chi connectivity index (χ3v) is 7.36. The van der Waals surface area contributed by atoms with Crippen LogP contribution in [0.1, 0.15) is 55.2 Å². The zero-order valence-corrected chi connectivity index (χ0v) is 20.4. The summed E-state index contributed by atoms with van der Waals surface area (Å²) < 4.78 is 1.12. The molecular formula is C26H34BrN3O. The van der Waals surface area contributed by atoms with Gasteiger partial charge in [0.05, 0.1) is 6.04 Å². The molecule has 0 aromatic heterocycles. The average Bonchev–Trinajstić information content (AvgIpc) is 3.28. The largest absolute Gasteiger partial charge is 0.364 e. The summed E-state index contributed by atoms with van der Waals surface area (Å²) >= 11 is 3.56. The van der Waals surface area contributed by atoms with Crippen molar-refractivity contribution >= 4 is 27.5 Å². The van der Waals surface area contributed by atoms with Crippen molar-refractivity contribution in [3.63, 3.8) is 0 Å². The number of anilines is 1. The van der Waals surface area contributed by atoms with Crippen molar-refractivity contribution in [2.75, 3.05) is 45.2 Å². The van der Waals surface area contributed by atoms with Crippen molar-refractivity contribution in [2.24, 2.45) is 0 Å². The Bertz CT molecular complexity index is 874. The monoisotopic (exact) mass is 483 g/mol. The Morgan fingerprint density at radius 1 is 0.968 bits per heavy atom. The molecule has 5 heteroatoms. The third-order valence-electron chi connectivity index (χ3n) is 6.83. The molecule has 0 spiro atoms. The fourth-order valence-electron chi connectivity index (χ4n) is 5.14. The molecule has 2 fully saturated rings. The normalized spacial score (nSPS) is 19.9. The Labute approximate surface area is 195 Å². The van der Waals surface area contributed by atoms with Crippen molar-refractivity contribution in [3.05, 3.63) is 64.1 Å². The minimum Gasteiger partial charge on any atom is -0.364 e.